The van der Waals surface area contributed by atoms with Gasteiger partial charge >= 0.3 is 17.2 Å². The molecule has 0 amide bonds. The van der Waals surface area contributed by atoms with E-state index in [-0.39, 0.29) is 27.6 Å². The Morgan fingerprint density at radius 2 is 1.85 bits per heavy atom. The third kappa shape index (κ3) is 4.53. The topological polar surface area (TPSA) is 149 Å². The number of hydrogen-bond acceptors (Lipinski definition) is 8. The summed E-state index contributed by atoms with van der Waals surface area (Å²) < 4.78 is 32.4. The number of carbonyl (C=O) groups excluding carboxylic acids is 1. The Labute approximate surface area is 157 Å². The van der Waals surface area contributed by atoms with Crippen molar-refractivity contribution in [1.82, 2.24) is 15.0 Å². The van der Waals surface area contributed by atoms with Crippen LogP contribution in [0.2, 0.25) is 5.28 Å². The molecule has 0 atom stereocenters. The predicted octanol–water partition coefficient (Wildman–Crippen LogP) is 0.155. The van der Waals surface area contributed by atoms with Gasteiger partial charge in [-0.2, -0.15) is 13.4 Å². The van der Waals surface area contributed by atoms with Crippen molar-refractivity contribution in [3.05, 3.63) is 59.6 Å². The Kier molecular flexibility index (Phi) is 4.99. The number of carboxylic acid groups (broad SMARTS) is 1. The van der Waals surface area contributed by atoms with Gasteiger partial charge in [0.15, 0.2) is 0 Å². The number of aromatic carboxylic acids is 1. The lowest BCUT2D eigenvalue weighted by atomic mass is 10.3. The van der Waals surface area contributed by atoms with Crippen LogP contribution in [0.1, 0.15) is 10.4 Å². The maximum Gasteiger partial charge on any atom is 0.444 e. The lowest BCUT2D eigenvalue weighted by Crippen LogP contribution is -2.35. The van der Waals surface area contributed by atoms with Gasteiger partial charge in [-0.05, 0) is 58.0 Å². The van der Waals surface area contributed by atoms with E-state index in [2.05, 4.69) is 20.3 Å². The second-order valence-electron chi connectivity index (χ2n) is 5.14. The first-order chi connectivity index (χ1) is 12.7. The minimum absolute atomic E-state index is 0.0379. The first kappa shape index (κ1) is 18.6. The van der Waals surface area contributed by atoms with Crippen LogP contribution >= 0.6 is 11.6 Å². The number of pyridine rings is 1. The van der Waals surface area contributed by atoms with Crippen LogP contribution in [0.25, 0.3) is 5.95 Å². The quantitative estimate of drug-likeness (QED) is 0.445. The second-order valence-corrected chi connectivity index (χ2v) is 6.90. The van der Waals surface area contributed by atoms with E-state index in [1.807, 2.05) is 0 Å². The van der Waals surface area contributed by atoms with Crippen LogP contribution < -0.4 is 15.0 Å². The highest BCUT2D eigenvalue weighted by molar-refractivity contribution is 7.85. The summed E-state index contributed by atoms with van der Waals surface area (Å²) in [6.07, 6.45) is 2.77. The lowest BCUT2D eigenvalue weighted by molar-refractivity contribution is -0.603. The fourth-order valence-corrected chi connectivity index (χ4v) is 2.71. The number of anilines is 2. The molecule has 27 heavy (non-hydrogen) atoms. The van der Waals surface area contributed by atoms with Crippen LogP contribution in [0.5, 0.6) is 0 Å². The normalized spacial score (nSPS) is 11.2. The molecule has 3 aromatic rings. The van der Waals surface area contributed by atoms with Crippen molar-refractivity contribution in [2.45, 2.75) is 4.90 Å². The van der Waals surface area contributed by atoms with E-state index in [9.17, 15) is 18.3 Å². The molecule has 0 fully saturated rings. The van der Waals surface area contributed by atoms with Crippen molar-refractivity contribution in [3.8, 4) is 5.95 Å². The van der Waals surface area contributed by atoms with E-state index >= 15 is 0 Å². The number of hydrogen-bond donors (Lipinski definition) is 2. The van der Waals surface area contributed by atoms with Crippen LogP contribution in [0.3, 0.4) is 0 Å². The van der Waals surface area contributed by atoms with Crippen molar-refractivity contribution in [3.63, 3.8) is 0 Å². The first-order valence-corrected chi connectivity index (χ1v) is 9.03. The Balaban J connectivity index is 1.92. The summed E-state index contributed by atoms with van der Waals surface area (Å²) in [6, 6.07) is 8.00. The Hall–Kier alpha value is -3.15. The Bertz CT molecular complexity index is 1120. The first-order valence-electron chi connectivity index (χ1n) is 7.21. The van der Waals surface area contributed by atoms with E-state index in [1.165, 1.54) is 53.4 Å². The number of benzene rings is 1. The zero-order valence-electron chi connectivity index (χ0n) is 13.3. The van der Waals surface area contributed by atoms with Crippen LogP contribution in [0.4, 0.5) is 11.6 Å². The number of halogens is 1. The summed E-state index contributed by atoms with van der Waals surface area (Å²) >= 11 is 5.90. The van der Waals surface area contributed by atoms with Gasteiger partial charge in [0.05, 0.1) is 23.3 Å². The van der Waals surface area contributed by atoms with Gasteiger partial charge in [-0.25, -0.2) is 4.57 Å². The van der Waals surface area contributed by atoms with Gasteiger partial charge in [0.2, 0.25) is 0 Å². The van der Waals surface area contributed by atoms with E-state index in [0.717, 1.165) is 0 Å². The number of nitrogens with one attached hydrogen (secondary N) is 1. The van der Waals surface area contributed by atoms with E-state index < -0.39 is 16.1 Å². The smallest absolute Gasteiger partial charge is 0.444 e. The maximum atomic E-state index is 11.1. The molecule has 0 unspecified atom stereocenters. The van der Waals surface area contributed by atoms with Gasteiger partial charge < -0.3 is 15.2 Å². The molecular weight excluding hydrogens is 398 g/mol. The van der Waals surface area contributed by atoms with Gasteiger partial charge in [0, 0.05) is 11.3 Å². The average Bonchev–Trinajstić information content (AvgIpc) is 2.61. The van der Waals surface area contributed by atoms with Crippen LogP contribution in [-0.2, 0) is 10.1 Å². The monoisotopic (exact) mass is 407 g/mol. The van der Waals surface area contributed by atoms with Gasteiger partial charge in [0.1, 0.15) is 0 Å². The van der Waals surface area contributed by atoms with Crippen molar-refractivity contribution >= 4 is 39.3 Å². The molecule has 0 aliphatic carbocycles. The fourth-order valence-electron chi connectivity index (χ4n) is 2.07. The minimum atomic E-state index is -4.30. The largest absolute Gasteiger partial charge is 0.545 e. The highest BCUT2D eigenvalue weighted by Crippen LogP contribution is 2.17. The second kappa shape index (κ2) is 7.23. The fraction of sp³-hybridized carbons (Fsp3) is 0. The number of carbonyl (C=O) groups is 1. The van der Waals surface area contributed by atoms with Gasteiger partial charge in [-0.1, -0.05) is 0 Å². The average molecular weight is 408 g/mol. The summed E-state index contributed by atoms with van der Waals surface area (Å²) in [4.78, 5) is 22.7. The molecule has 1 aromatic carbocycles. The maximum absolute atomic E-state index is 11.1. The van der Waals surface area contributed by atoms with Gasteiger partial charge in [-0.3, -0.25) is 4.55 Å². The molecule has 2 aromatic heterocycles. The molecule has 0 aliphatic heterocycles. The molecular formula is C15H10ClN5O5S. The Morgan fingerprint density at radius 3 is 2.48 bits per heavy atom. The van der Waals surface area contributed by atoms with Crippen LogP contribution in [0.15, 0.2) is 53.7 Å². The van der Waals surface area contributed by atoms with Crippen molar-refractivity contribution in [1.29, 1.82) is 0 Å². The third-order valence-electron chi connectivity index (χ3n) is 3.27. The highest BCUT2D eigenvalue weighted by Gasteiger charge is 2.17. The van der Waals surface area contributed by atoms with E-state index in [1.54, 1.807) is 0 Å². The summed E-state index contributed by atoms with van der Waals surface area (Å²) in [5.41, 5.74) is 0.341. The van der Waals surface area contributed by atoms with Crippen LogP contribution in [-0.4, -0.2) is 33.9 Å². The summed E-state index contributed by atoms with van der Waals surface area (Å²) in [5, 5.41) is 13.6. The standard InChI is InChI=1S/C15H10ClN5O5S/c16-13-18-14(17-10-3-5-11(6-4-10)27(24,25)26)20-15(19-13)21-7-1-2-9(8-21)12(22)23/h1-8H,(H2-,17,18,19,20,22,23,24,25,26). The zero-order chi connectivity index (χ0) is 19.6. The minimum Gasteiger partial charge on any atom is -0.545 e. The summed E-state index contributed by atoms with van der Waals surface area (Å²) in [7, 11) is -4.30. The van der Waals surface area contributed by atoms with Gasteiger partial charge in [-0.15, -0.1) is 0 Å². The highest BCUT2D eigenvalue weighted by atomic mass is 35.5. The number of nitrogens with zero attached hydrogens (tertiary/aromatic N) is 4. The van der Waals surface area contributed by atoms with Crippen molar-refractivity contribution in [2.24, 2.45) is 0 Å². The Morgan fingerprint density at radius 1 is 1.15 bits per heavy atom. The molecule has 2 N–H and O–H groups in total. The van der Waals surface area contributed by atoms with E-state index in [4.69, 9.17) is 16.2 Å². The molecule has 3 rings (SSSR count). The summed E-state index contributed by atoms with van der Waals surface area (Å²) in [6.45, 7) is 0. The van der Waals surface area contributed by atoms with Crippen LogP contribution in [0, 0.1) is 0 Å². The number of rotatable bonds is 5. The van der Waals surface area contributed by atoms with Crippen molar-refractivity contribution in [2.75, 3.05) is 5.32 Å². The predicted molar refractivity (Wildman–Crippen MR) is 90.2 cm³/mol. The lowest BCUT2D eigenvalue weighted by Gasteiger charge is -2.05. The molecule has 0 saturated carbocycles. The molecule has 10 nitrogen and oxygen atoms in total. The molecule has 0 bridgehead atoms. The molecule has 0 aliphatic rings. The van der Waals surface area contributed by atoms with E-state index in [0.29, 0.717) is 5.69 Å². The SMILES string of the molecule is O=C([O-])c1ccc[n+](-c2nc(Cl)nc(Nc3ccc(S(=O)(=O)O)cc3)n2)c1. The molecule has 12 heteroatoms. The third-order valence-corrected chi connectivity index (χ3v) is 4.31. The number of carboxylic acids is 1. The molecule has 0 spiro atoms. The summed E-state index contributed by atoms with van der Waals surface area (Å²) in [5.74, 6) is -1.27. The molecule has 2 heterocycles. The van der Waals surface area contributed by atoms with Gasteiger partial charge in [0.25, 0.3) is 10.1 Å². The molecule has 0 saturated heterocycles. The zero-order valence-corrected chi connectivity index (χ0v) is 14.8. The molecule has 0 radical (unpaired) electrons. The van der Waals surface area contributed by atoms with Crippen molar-refractivity contribution < 1.29 is 27.4 Å². The number of aromatic nitrogens is 4. The molecule has 138 valence electrons.